The van der Waals surface area contributed by atoms with Crippen LogP contribution in [-0.4, -0.2) is 39.9 Å². The van der Waals surface area contributed by atoms with Gasteiger partial charge in [-0.1, -0.05) is 277 Å². The van der Waals surface area contributed by atoms with Crippen LogP contribution in [0.5, 0.6) is 0 Å². The third-order valence-corrected chi connectivity index (χ3v) is 17.2. The van der Waals surface area contributed by atoms with Gasteiger partial charge in [0.2, 0.25) is 0 Å². The maximum absolute atomic E-state index is 5.23. The Morgan fingerprint density at radius 2 is 0.422 bits per heavy atom. The summed E-state index contributed by atoms with van der Waals surface area (Å²) >= 11 is 0. The minimum Gasteiger partial charge on any atom is -0.255 e. The molecule has 0 spiro atoms. The highest BCUT2D eigenvalue weighted by Crippen LogP contribution is 2.48. The van der Waals surface area contributed by atoms with Crippen LogP contribution in [0, 0.1) is 0 Å². The van der Waals surface area contributed by atoms with Crippen molar-refractivity contribution in [2.45, 2.75) is 105 Å². The van der Waals surface area contributed by atoms with Crippen LogP contribution in [0.3, 0.4) is 0 Å². The highest BCUT2D eigenvalue weighted by atomic mass is 15.0. The molecule has 4 heterocycles. The molecule has 0 fully saturated rings. The second kappa shape index (κ2) is 23.1. The number of fused-ring (bicyclic) bond motifs is 2. The molecule has 442 valence electrons. The Morgan fingerprint density at radius 1 is 0.211 bits per heavy atom. The van der Waals surface area contributed by atoms with Gasteiger partial charge in [0.05, 0.1) is 11.4 Å². The molecule has 0 bridgehead atoms. The molecule has 0 aliphatic heterocycles. The molecule has 0 radical (unpaired) electrons. The van der Waals surface area contributed by atoms with Crippen LogP contribution in [0.15, 0.2) is 231 Å². The molecule has 0 N–H and O–H groups in total. The first-order valence-corrected chi connectivity index (χ1v) is 31.1. The van der Waals surface area contributed by atoms with Crippen molar-refractivity contribution in [1.29, 1.82) is 0 Å². The van der Waals surface area contributed by atoms with Crippen molar-refractivity contribution in [3.8, 4) is 113 Å². The molecule has 0 unspecified atom stereocenters. The molecule has 8 nitrogen and oxygen atoms in total. The topological polar surface area (TPSA) is 103 Å². The van der Waals surface area contributed by atoms with Crippen molar-refractivity contribution < 1.29 is 0 Å². The fourth-order valence-electron chi connectivity index (χ4n) is 11.9. The fourth-order valence-corrected chi connectivity index (χ4v) is 11.9. The van der Waals surface area contributed by atoms with Gasteiger partial charge in [0.25, 0.3) is 0 Å². The van der Waals surface area contributed by atoms with Crippen molar-refractivity contribution in [3.63, 3.8) is 0 Å². The molecular weight excluding hydrogens is 1100 g/mol. The predicted molar refractivity (Wildman–Crippen MR) is 373 cm³/mol. The van der Waals surface area contributed by atoms with Gasteiger partial charge in [-0.3, -0.25) is 9.97 Å². The molecule has 13 rings (SSSR count). The van der Waals surface area contributed by atoms with E-state index < -0.39 is 0 Å². The Kier molecular flexibility index (Phi) is 15.1. The summed E-state index contributed by atoms with van der Waals surface area (Å²) in [6.45, 7) is 26.7. The maximum Gasteiger partial charge on any atom is 0.165 e. The first kappa shape index (κ1) is 58.8. The maximum atomic E-state index is 5.23. The van der Waals surface area contributed by atoms with Gasteiger partial charge in [-0.2, -0.15) is 0 Å². The average molecular weight is 1170 g/mol. The van der Waals surface area contributed by atoms with Crippen LogP contribution >= 0.6 is 0 Å². The third kappa shape index (κ3) is 11.7. The van der Waals surface area contributed by atoms with Crippen LogP contribution in [0.1, 0.15) is 105 Å². The largest absolute Gasteiger partial charge is 0.255 e. The molecule has 0 aliphatic carbocycles. The first-order valence-electron chi connectivity index (χ1n) is 31.1. The molecule has 90 heavy (non-hydrogen) atoms. The number of benzene rings is 9. The lowest BCUT2D eigenvalue weighted by atomic mass is 9.83. The van der Waals surface area contributed by atoms with Crippen LogP contribution < -0.4 is 0 Å². The minimum absolute atomic E-state index is 0.0112. The SMILES string of the molecule is CC(C)(C)c1ccc(-c2nc(-c3ccc(C(C)(C)C)cc3)nc(-c3ccc(-c4ccccc4-c4c5ccccc5c(-c5ccccc5-c5ccc(-c6nc(-c7ccc(C(C)(C)C)cc7)nc(-c7ccc(C(C)(C)C)cc7)n6)cn5)c5ccccc45)nc3)n2)cc1. The van der Waals surface area contributed by atoms with Crippen LogP contribution in [-0.2, 0) is 21.7 Å². The molecule has 13 aromatic rings. The lowest BCUT2D eigenvalue weighted by Gasteiger charge is -2.20. The van der Waals surface area contributed by atoms with E-state index >= 15 is 0 Å². The Hall–Kier alpha value is -10.2. The smallest absolute Gasteiger partial charge is 0.165 e. The summed E-state index contributed by atoms with van der Waals surface area (Å²) in [6, 6.07) is 77.5. The summed E-state index contributed by atoms with van der Waals surface area (Å²) in [5.74, 6) is 3.56. The van der Waals surface area contributed by atoms with Gasteiger partial charge >= 0.3 is 0 Å². The zero-order valence-electron chi connectivity index (χ0n) is 53.5. The highest BCUT2D eigenvalue weighted by molar-refractivity contribution is 6.23. The summed E-state index contributed by atoms with van der Waals surface area (Å²) in [4.78, 5) is 41.1. The Morgan fingerprint density at radius 3 is 0.644 bits per heavy atom. The third-order valence-electron chi connectivity index (χ3n) is 17.2. The molecule has 0 amide bonds. The van der Waals surface area contributed by atoms with Gasteiger partial charge in [0, 0.05) is 56.9 Å². The molecule has 0 saturated heterocycles. The van der Waals surface area contributed by atoms with E-state index in [9.17, 15) is 0 Å². The monoisotopic (exact) mass is 1170 g/mol. The number of rotatable bonds is 10. The molecule has 8 heteroatoms. The van der Waals surface area contributed by atoms with Gasteiger partial charge in [-0.25, -0.2) is 29.9 Å². The van der Waals surface area contributed by atoms with Gasteiger partial charge in [0.1, 0.15) is 0 Å². The standard InChI is InChI=1S/C82H74N8/c1-79(2,3)57-39-29-51(30-40-57)73-85-74(52-31-41-58(42-32-52)80(4,5)6)88-77(87-73)55-37-47-69(83-49-55)61-21-13-15-23-63(61)71-65-25-17-19-27-67(65)72(68-28-20-18-26-66(68)71)64-24-16-14-22-62(64)70-48-38-56(50-84-70)78-89-75(53-33-43-59(44-34-53)81(7,8)9)86-76(90-78)54-35-45-60(46-36-54)82(10,11)12/h13-50H,1-12H3. The number of pyridine rings is 2. The van der Waals surface area contributed by atoms with Crippen LogP contribution in [0.25, 0.3) is 135 Å². The number of hydrogen-bond acceptors (Lipinski definition) is 8. The average Bonchev–Trinajstić information content (AvgIpc) is 0.746. The van der Waals surface area contributed by atoms with Crippen molar-refractivity contribution in [2.75, 3.05) is 0 Å². The van der Waals surface area contributed by atoms with Crippen LogP contribution in [0.2, 0.25) is 0 Å². The van der Waals surface area contributed by atoms with Gasteiger partial charge < -0.3 is 0 Å². The fraction of sp³-hybridized carbons (Fsp3) is 0.195. The molecule has 4 aromatic heterocycles. The quantitative estimate of drug-likeness (QED) is 0.125. The molecule has 0 atom stereocenters. The van der Waals surface area contributed by atoms with Gasteiger partial charge in [-0.05, 0) is 112 Å². The molecule has 0 aliphatic rings. The van der Waals surface area contributed by atoms with E-state index in [1.807, 2.05) is 12.4 Å². The van der Waals surface area contributed by atoms with Gasteiger partial charge in [-0.15, -0.1) is 0 Å². The highest BCUT2D eigenvalue weighted by Gasteiger charge is 2.24. The normalized spacial score (nSPS) is 12.2. The Labute approximate surface area is 529 Å². The lowest BCUT2D eigenvalue weighted by molar-refractivity contribution is 0.590. The minimum atomic E-state index is 0.0112. The summed E-state index contributed by atoms with van der Waals surface area (Å²) in [7, 11) is 0. The van der Waals surface area contributed by atoms with E-state index in [4.69, 9.17) is 39.9 Å². The van der Waals surface area contributed by atoms with Crippen molar-refractivity contribution in [2.24, 2.45) is 0 Å². The van der Waals surface area contributed by atoms with Crippen LogP contribution in [0.4, 0.5) is 0 Å². The first-order chi connectivity index (χ1) is 43.1. The lowest BCUT2D eigenvalue weighted by Crippen LogP contribution is -2.11. The molecule has 0 saturated carbocycles. The van der Waals surface area contributed by atoms with Crippen molar-refractivity contribution in [3.05, 3.63) is 253 Å². The van der Waals surface area contributed by atoms with Gasteiger partial charge in [0.15, 0.2) is 34.9 Å². The second-order valence-electron chi connectivity index (χ2n) is 27.7. The number of hydrogen-bond donors (Lipinski definition) is 0. The Bertz CT molecular complexity index is 4280. The second-order valence-corrected chi connectivity index (χ2v) is 27.7. The summed E-state index contributed by atoms with van der Waals surface area (Å²) in [5.41, 5.74) is 18.5. The molecule has 9 aromatic carbocycles. The molecular formula is C82H74N8. The van der Waals surface area contributed by atoms with E-state index in [0.717, 1.165) is 99.7 Å². The zero-order valence-corrected chi connectivity index (χ0v) is 53.5. The zero-order chi connectivity index (χ0) is 62.7. The van der Waals surface area contributed by atoms with E-state index in [2.05, 4.69) is 301 Å². The Balaban J connectivity index is 0.872. The summed E-state index contributed by atoms with van der Waals surface area (Å²) in [6.07, 6.45) is 3.80. The predicted octanol–water partition coefficient (Wildman–Crippen LogP) is 21.0. The van der Waals surface area contributed by atoms with E-state index in [1.54, 1.807) is 0 Å². The van der Waals surface area contributed by atoms with E-state index in [1.165, 1.54) is 22.3 Å². The van der Waals surface area contributed by atoms with Crippen molar-refractivity contribution >= 4 is 21.5 Å². The van der Waals surface area contributed by atoms with E-state index in [0.29, 0.717) is 34.9 Å². The van der Waals surface area contributed by atoms with E-state index in [-0.39, 0.29) is 21.7 Å². The summed E-state index contributed by atoms with van der Waals surface area (Å²) < 4.78 is 0. The number of nitrogens with zero attached hydrogens (tertiary/aromatic N) is 8. The summed E-state index contributed by atoms with van der Waals surface area (Å²) in [5, 5.41) is 4.53. The number of aromatic nitrogens is 8. The van der Waals surface area contributed by atoms with Crippen molar-refractivity contribution in [1.82, 2.24) is 39.9 Å².